The van der Waals surface area contributed by atoms with Crippen LogP contribution in [0.5, 0.6) is 0 Å². The number of aliphatic hydroxyl groups is 1. The molecule has 0 radical (unpaired) electrons. The first-order chi connectivity index (χ1) is 3.66. The smallest absolute Gasteiger partial charge is 0.156 e. The Morgan fingerprint density at radius 2 is 2.25 bits per heavy atom. The lowest BCUT2D eigenvalue weighted by atomic mass is 10.5. The molecule has 0 saturated heterocycles. The fourth-order valence-corrected chi connectivity index (χ4v) is 0.344. The number of hydrogen-bond donors (Lipinski definition) is 2. The van der Waals surface area contributed by atoms with Gasteiger partial charge in [0.15, 0.2) is 6.29 Å². The third-order valence-corrected chi connectivity index (χ3v) is 0.721. The van der Waals surface area contributed by atoms with Gasteiger partial charge in [-0.25, -0.2) is 0 Å². The summed E-state index contributed by atoms with van der Waals surface area (Å²) in [5.41, 5.74) is 5.19. The minimum Gasteiger partial charge on any atom is -0.368 e. The molecule has 0 rings (SSSR count). The van der Waals surface area contributed by atoms with E-state index in [0.29, 0.717) is 6.42 Å². The lowest BCUT2D eigenvalue weighted by molar-refractivity contribution is -0.129. The summed E-state index contributed by atoms with van der Waals surface area (Å²) in [5, 5.41) is 8.73. The van der Waals surface area contributed by atoms with Crippen LogP contribution in [0.15, 0.2) is 0 Å². The minimum absolute atomic E-state index is 0.370. The summed E-state index contributed by atoms with van der Waals surface area (Å²) in [5.74, 6) is 0. The van der Waals surface area contributed by atoms with Gasteiger partial charge in [-0.15, -0.1) is 0 Å². The molecule has 0 heterocycles. The van der Waals surface area contributed by atoms with Crippen molar-refractivity contribution in [3.05, 3.63) is 0 Å². The van der Waals surface area contributed by atoms with Crippen molar-refractivity contribution in [3.63, 3.8) is 0 Å². The molecular formula is C5H13NO2. The summed E-state index contributed by atoms with van der Waals surface area (Å²) in [6, 6.07) is 0. The average molecular weight is 119 g/mol. The molecule has 0 amide bonds. The Labute approximate surface area is 49.4 Å². The lowest BCUT2D eigenvalue weighted by Gasteiger charge is -2.11. The number of ether oxygens (including phenoxy) is 1. The van der Waals surface area contributed by atoms with Gasteiger partial charge in [-0.2, -0.15) is 0 Å². The van der Waals surface area contributed by atoms with Gasteiger partial charge in [0.1, 0.15) is 6.23 Å². The van der Waals surface area contributed by atoms with E-state index in [1.165, 1.54) is 0 Å². The average Bonchev–Trinajstić information content (AvgIpc) is 1.65. The van der Waals surface area contributed by atoms with E-state index in [0.717, 1.165) is 0 Å². The van der Waals surface area contributed by atoms with Gasteiger partial charge in [0.05, 0.1) is 0 Å². The lowest BCUT2D eigenvalue weighted by Crippen LogP contribution is -2.25. The second-order valence-electron chi connectivity index (χ2n) is 1.70. The first kappa shape index (κ1) is 7.88. The Hall–Kier alpha value is -0.120. The molecule has 0 bridgehead atoms. The van der Waals surface area contributed by atoms with Crippen LogP contribution < -0.4 is 5.73 Å². The molecule has 3 N–H and O–H groups in total. The highest BCUT2D eigenvalue weighted by Gasteiger charge is 2.01. The van der Waals surface area contributed by atoms with Gasteiger partial charge in [-0.1, -0.05) is 6.92 Å². The molecule has 0 aliphatic carbocycles. The highest BCUT2D eigenvalue weighted by Crippen LogP contribution is 1.93. The first-order valence-corrected chi connectivity index (χ1v) is 2.76. The second-order valence-corrected chi connectivity index (χ2v) is 1.70. The monoisotopic (exact) mass is 119 g/mol. The summed E-state index contributed by atoms with van der Waals surface area (Å²) in [7, 11) is 0. The molecule has 8 heavy (non-hydrogen) atoms. The molecule has 2 atom stereocenters. The molecule has 0 aliphatic rings. The van der Waals surface area contributed by atoms with Crippen LogP contribution in [0.25, 0.3) is 0 Å². The molecule has 2 unspecified atom stereocenters. The fraction of sp³-hybridized carbons (Fsp3) is 1.00. The summed E-state index contributed by atoms with van der Waals surface area (Å²) in [6.45, 7) is 3.51. The van der Waals surface area contributed by atoms with E-state index in [4.69, 9.17) is 15.6 Å². The number of rotatable bonds is 3. The quantitative estimate of drug-likeness (QED) is 0.515. The number of aliphatic hydroxyl groups excluding tert-OH is 1. The fourth-order valence-electron chi connectivity index (χ4n) is 0.344. The first-order valence-electron chi connectivity index (χ1n) is 2.76. The maximum absolute atomic E-state index is 8.73. The molecule has 50 valence electrons. The van der Waals surface area contributed by atoms with Crippen LogP contribution in [0.2, 0.25) is 0 Å². The maximum atomic E-state index is 8.73. The van der Waals surface area contributed by atoms with Gasteiger partial charge >= 0.3 is 0 Å². The molecule has 0 spiro atoms. The normalized spacial score (nSPS) is 18.0. The van der Waals surface area contributed by atoms with Crippen molar-refractivity contribution in [2.75, 3.05) is 0 Å². The van der Waals surface area contributed by atoms with Crippen LogP contribution in [-0.2, 0) is 4.74 Å². The van der Waals surface area contributed by atoms with Gasteiger partial charge in [0.25, 0.3) is 0 Å². The molecular weight excluding hydrogens is 106 g/mol. The maximum Gasteiger partial charge on any atom is 0.156 e. The highest BCUT2D eigenvalue weighted by molar-refractivity contribution is 4.37. The number of hydrogen-bond acceptors (Lipinski definition) is 3. The van der Waals surface area contributed by atoms with Crippen LogP contribution in [-0.4, -0.2) is 17.6 Å². The Bertz CT molecular complexity index is 56.4. The van der Waals surface area contributed by atoms with Crippen LogP contribution in [0.3, 0.4) is 0 Å². The van der Waals surface area contributed by atoms with E-state index in [1.807, 2.05) is 6.92 Å². The van der Waals surface area contributed by atoms with Gasteiger partial charge in [0.2, 0.25) is 0 Å². The minimum atomic E-state index is -0.699. The summed E-state index contributed by atoms with van der Waals surface area (Å²) in [6.07, 6.45) is -0.485. The van der Waals surface area contributed by atoms with E-state index < -0.39 is 6.29 Å². The van der Waals surface area contributed by atoms with Gasteiger partial charge in [-0.3, -0.25) is 0 Å². The summed E-state index contributed by atoms with van der Waals surface area (Å²) in [4.78, 5) is 0. The van der Waals surface area contributed by atoms with Crippen LogP contribution in [0.4, 0.5) is 0 Å². The highest BCUT2D eigenvalue weighted by atomic mass is 16.6. The molecule has 3 heteroatoms. The molecule has 0 aromatic heterocycles. The van der Waals surface area contributed by atoms with E-state index in [2.05, 4.69) is 0 Å². The largest absolute Gasteiger partial charge is 0.368 e. The third kappa shape index (κ3) is 4.05. The molecule has 3 nitrogen and oxygen atoms in total. The summed E-state index contributed by atoms with van der Waals surface area (Å²) < 4.78 is 4.73. The van der Waals surface area contributed by atoms with Crippen molar-refractivity contribution in [2.24, 2.45) is 5.73 Å². The molecule has 0 aromatic rings. The zero-order valence-electron chi connectivity index (χ0n) is 5.29. The SMILES string of the molecule is CCC(O)OC(C)N. The predicted molar refractivity (Wildman–Crippen MR) is 31.0 cm³/mol. The van der Waals surface area contributed by atoms with Crippen molar-refractivity contribution < 1.29 is 9.84 Å². The van der Waals surface area contributed by atoms with Crippen LogP contribution in [0.1, 0.15) is 20.3 Å². The zero-order valence-corrected chi connectivity index (χ0v) is 5.29. The number of nitrogens with two attached hydrogens (primary N) is 1. The Morgan fingerprint density at radius 3 is 2.38 bits per heavy atom. The second kappa shape index (κ2) is 3.83. The van der Waals surface area contributed by atoms with Gasteiger partial charge in [-0.05, 0) is 13.3 Å². The van der Waals surface area contributed by atoms with Gasteiger partial charge < -0.3 is 15.6 Å². The van der Waals surface area contributed by atoms with Crippen molar-refractivity contribution in [1.29, 1.82) is 0 Å². The topological polar surface area (TPSA) is 55.5 Å². The van der Waals surface area contributed by atoms with Crippen LogP contribution in [0, 0.1) is 0 Å². The molecule has 0 aliphatic heterocycles. The van der Waals surface area contributed by atoms with Crippen LogP contribution >= 0.6 is 0 Å². The van der Waals surface area contributed by atoms with E-state index in [-0.39, 0.29) is 6.23 Å². The third-order valence-electron chi connectivity index (χ3n) is 0.721. The van der Waals surface area contributed by atoms with E-state index in [9.17, 15) is 0 Å². The summed E-state index contributed by atoms with van der Waals surface area (Å²) >= 11 is 0. The van der Waals surface area contributed by atoms with Crippen molar-refractivity contribution in [2.45, 2.75) is 32.8 Å². The van der Waals surface area contributed by atoms with Crippen molar-refractivity contribution in [1.82, 2.24) is 0 Å². The molecule has 0 fully saturated rings. The predicted octanol–water partition coefficient (Wildman–Crippen LogP) is 0.0361. The Kier molecular flexibility index (Phi) is 3.77. The molecule has 0 aromatic carbocycles. The van der Waals surface area contributed by atoms with E-state index >= 15 is 0 Å². The van der Waals surface area contributed by atoms with Crippen molar-refractivity contribution in [3.8, 4) is 0 Å². The van der Waals surface area contributed by atoms with Crippen molar-refractivity contribution >= 4 is 0 Å². The Morgan fingerprint density at radius 1 is 1.75 bits per heavy atom. The Balaban J connectivity index is 3.10. The zero-order chi connectivity index (χ0) is 6.57. The van der Waals surface area contributed by atoms with Gasteiger partial charge in [0, 0.05) is 0 Å². The van der Waals surface area contributed by atoms with E-state index in [1.54, 1.807) is 6.92 Å². The standard InChI is InChI=1S/C5H13NO2/c1-3-5(7)8-4(2)6/h4-5,7H,3,6H2,1-2H3. The molecule has 0 saturated carbocycles.